The number of hydrogen-bond donors (Lipinski definition) is 2. The molecule has 0 saturated heterocycles. The molecule has 1 aliphatic heterocycles. The molecule has 22 heavy (non-hydrogen) atoms. The van der Waals surface area contributed by atoms with E-state index in [1.807, 2.05) is 0 Å². The molecule has 6 heteroatoms. The molecule has 0 radical (unpaired) electrons. The fourth-order valence-electron chi connectivity index (χ4n) is 2.97. The normalized spacial score (nSPS) is 20.7. The van der Waals surface area contributed by atoms with Gasteiger partial charge in [0.05, 0.1) is 0 Å². The predicted octanol–water partition coefficient (Wildman–Crippen LogP) is 3.18. The van der Waals surface area contributed by atoms with Crippen LogP contribution in [-0.2, 0) is 14.3 Å². The number of nitrogen functional groups attached to an aromatic ring is 1. The summed E-state index contributed by atoms with van der Waals surface area (Å²) in [6.07, 6.45) is 3.79. The second kappa shape index (κ2) is 5.19. The largest absolute Gasteiger partial charge is 0.480 e. The van der Waals surface area contributed by atoms with Crippen LogP contribution in [0.5, 0.6) is 0 Å². The van der Waals surface area contributed by atoms with Crippen LogP contribution in [0.2, 0.25) is 0 Å². The minimum atomic E-state index is -1.11. The first kappa shape index (κ1) is 14.7. The van der Waals surface area contributed by atoms with Gasteiger partial charge in [-0.3, -0.25) is 0 Å². The minimum absolute atomic E-state index is 0.0696. The van der Waals surface area contributed by atoms with Gasteiger partial charge < -0.3 is 20.3 Å². The first-order chi connectivity index (χ1) is 10.4. The number of carbonyl (C=O) groups is 1. The number of aliphatic hydroxyl groups excluding tert-OH is 1. The summed E-state index contributed by atoms with van der Waals surface area (Å²) in [4.78, 5) is 12.3. The number of halogens is 1. The quantitative estimate of drug-likeness (QED) is 0.615. The number of carbonyl (C=O) groups excluding carboxylic acids is 1. The molecule has 0 amide bonds. The smallest absolute Gasteiger partial charge is 0.349 e. The summed E-state index contributed by atoms with van der Waals surface area (Å²) >= 11 is 0. The molecule has 1 heterocycles. The summed E-state index contributed by atoms with van der Waals surface area (Å²) in [5, 5.41) is 10.2. The Morgan fingerprint density at radius 1 is 1.23 bits per heavy atom. The molecular weight excluding hydrogens is 289 g/mol. The highest BCUT2D eigenvalue weighted by Gasteiger charge is 2.45. The number of rotatable bonds is 1. The van der Waals surface area contributed by atoms with E-state index in [2.05, 4.69) is 0 Å². The van der Waals surface area contributed by atoms with Crippen molar-refractivity contribution >= 4 is 17.2 Å². The zero-order valence-electron chi connectivity index (χ0n) is 12.3. The zero-order chi connectivity index (χ0) is 15.9. The Morgan fingerprint density at radius 2 is 1.91 bits per heavy atom. The molecule has 1 fully saturated rings. The number of esters is 1. The van der Waals surface area contributed by atoms with Gasteiger partial charge in [-0.05, 0) is 31.9 Å². The molecule has 118 valence electrons. The highest BCUT2D eigenvalue weighted by Crippen LogP contribution is 2.41. The molecule has 0 atom stereocenters. The lowest BCUT2D eigenvalue weighted by Crippen LogP contribution is -2.43. The summed E-state index contributed by atoms with van der Waals surface area (Å²) in [5.41, 5.74) is 5.75. The van der Waals surface area contributed by atoms with E-state index in [9.17, 15) is 14.3 Å². The third kappa shape index (κ3) is 2.28. The van der Waals surface area contributed by atoms with Crippen molar-refractivity contribution in [2.45, 2.75) is 44.8 Å². The van der Waals surface area contributed by atoms with Crippen LogP contribution >= 0.6 is 0 Å². The number of ether oxygens (including phenoxy) is 2. The molecule has 3 rings (SSSR count). The van der Waals surface area contributed by atoms with E-state index in [1.54, 1.807) is 0 Å². The highest BCUT2D eigenvalue weighted by molar-refractivity contribution is 6.17. The van der Waals surface area contributed by atoms with Crippen LogP contribution in [0.15, 0.2) is 18.1 Å². The van der Waals surface area contributed by atoms with Gasteiger partial charge in [0.25, 0.3) is 11.7 Å². The molecule has 2 aliphatic rings. The average Bonchev–Trinajstić information content (AvgIpc) is 2.47. The summed E-state index contributed by atoms with van der Waals surface area (Å²) < 4.78 is 25.2. The lowest BCUT2D eigenvalue weighted by atomic mass is 9.93. The SMILES string of the molecule is Cc1c(N)ccc(C2=C(O)OC3(CCCCC3)OC2=O)c1F. The Labute approximate surface area is 127 Å². The average molecular weight is 307 g/mol. The van der Waals surface area contributed by atoms with Gasteiger partial charge in [0.2, 0.25) is 0 Å². The van der Waals surface area contributed by atoms with E-state index >= 15 is 0 Å². The number of aliphatic hydroxyl groups is 1. The zero-order valence-corrected chi connectivity index (χ0v) is 12.3. The van der Waals surface area contributed by atoms with E-state index in [1.165, 1.54) is 19.1 Å². The maximum Gasteiger partial charge on any atom is 0.349 e. The maximum atomic E-state index is 14.3. The van der Waals surface area contributed by atoms with Gasteiger partial charge in [-0.2, -0.15) is 0 Å². The molecule has 0 bridgehead atoms. The number of anilines is 1. The Hall–Kier alpha value is -2.24. The summed E-state index contributed by atoms with van der Waals surface area (Å²) in [7, 11) is 0. The molecule has 1 aromatic rings. The van der Waals surface area contributed by atoms with Crippen molar-refractivity contribution in [3.8, 4) is 0 Å². The van der Waals surface area contributed by atoms with Crippen molar-refractivity contribution in [1.29, 1.82) is 0 Å². The van der Waals surface area contributed by atoms with Crippen molar-refractivity contribution in [3.63, 3.8) is 0 Å². The molecule has 0 unspecified atom stereocenters. The molecule has 0 aromatic heterocycles. The molecule has 1 aliphatic carbocycles. The van der Waals surface area contributed by atoms with Crippen LogP contribution in [0.4, 0.5) is 10.1 Å². The predicted molar refractivity (Wildman–Crippen MR) is 78.1 cm³/mol. The number of nitrogens with two attached hydrogens (primary N) is 1. The van der Waals surface area contributed by atoms with Crippen LogP contribution in [0.25, 0.3) is 5.57 Å². The second-order valence-electron chi connectivity index (χ2n) is 5.78. The van der Waals surface area contributed by atoms with E-state index in [-0.39, 0.29) is 22.4 Å². The molecule has 1 aromatic carbocycles. The van der Waals surface area contributed by atoms with Crippen molar-refractivity contribution in [1.82, 2.24) is 0 Å². The van der Waals surface area contributed by atoms with Crippen LogP contribution < -0.4 is 5.73 Å². The van der Waals surface area contributed by atoms with Gasteiger partial charge in [-0.25, -0.2) is 9.18 Å². The van der Waals surface area contributed by atoms with Crippen LogP contribution in [0.3, 0.4) is 0 Å². The maximum absolute atomic E-state index is 14.3. The number of hydrogen-bond acceptors (Lipinski definition) is 5. The fourth-order valence-corrected chi connectivity index (χ4v) is 2.97. The third-order valence-electron chi connectivity index (χ3n) is 4.29. The molecular formula is C16H18FNO4. The van der Waals surface area contributed by atoms with Gasteiger partial charge in [0, 0.05) is 29.7 Å². The topological polar surface area (TPSA) is 81.8 Å². The van der Waals surface area contributed by atoms with Gasteiger partial charge in [0.1, 0.15) is 5.82 Å². The van der Waals surface area contributed by atoms with Crippen LogP contribution in [0.1, 0.15) is 43.2 Å². The van der Waals surface area contributed by atoms with Crippen molar-refractivity contribution < 1.29 is 23.8 Å². The lowest BCUT2D eigenvalue weighted by molar-refractivity contribution is -0.244. The Morgan fingerprint density at radius 3 is 2.55 bits per heavy atom. The van der Waals surface area contributed by atoms with Crippen LogP contribution in [-0.4, -0.2) is 16.9 Å². The summed E-state index contributed by atoms with van der Waals surface area (Å²) in [5.74, 6) is -3.13. The van der Waals surface area contributed by atoms with E-state index in [4.69, 9.17) is 15.2 Å². The number of benzene rings is 1. The minimum Gasteiger partial charge on any atom is -0.480 e. The highest BCUT2D eigenvalue weighted by atomic mass is 19.1. The van der Waals surface area contributed by atoms with E-state index < -0.39 is 23.5 Å². The van der Waals surface area contributed by atoms with Gasteiger partial charge in [-0.15, -0.1) is 0 Å². The van der Waals surface area contributed by atoms with E-state index in [0.29, 0.717) is 12.8 Å². The van der Waals surface area contributed by atoms with E-state index in [0.717, 1.165) is 19.3 Å². The Kier molecular flexibility index (Phi) is 3.47. The second-order valence-corrected chi connectivity index (χ2v) is 5.78. The summed E-state index contributed by atoms with van der Waals surface area (Å²) in [6, 6.07) is 2.82. The van der Waals surface area contributed by atoms with Crippen molar-refractivity contribution in [2.24, 2.45) is 0 Å². The summed E-state index contributed by atoms with van der Waals surface area (Å²) in [6.45, 7) is 1.50. The first-order valence-electron chi connectivity index (χ1n) is 7.34. The molecule has 3 N–H and O–H groups in total. The van der Waals surface area contributed by atoms with Gasteiger partial charge in [0.15, 0.2) is 5.57 Å². The van der Waals surface area contributed by atoms with Gasteiger partial charge >= 0.3 is 5.97 Å². The van der Waals surface area contributed by atoms with Crippen LogP contribution in [0, 0.1) is 12.7 Å². The molecule has 1 saturated carbocycles. The van der Waals surface area contributed by atoms with Crippen molar-refractivity contribution in [3.05, 3.63) is 35.0 Å². The lowest BCUT2D eigenvalue weighted by Gasteiger charge is -2.39. The van der Waals surface area contributed by atoms with Crippen molar-refractivity contribution in [2.75, 3.05) is 5.73 Å². The Bertz CT molecular complexity index is 662. The molecule has 1 spiro atoms. The standard InChI is InChI=1S/C16H18FNO4/c1-9-11(18)6-5-10(13(9)17)12-14(19)21-16(22-15(12)20)7-3-2-4-8-16/h5-6,19H,2-4,7-8,18H2,1H3. The Balaban J connectivity index is 2.02. The molecule has 5 nitrogen and oxygen atoms in total. The van der Waals surface area contributed by atoms with Gasteiger partial charge in [-0.1, -0.05) is 6.42 Å². The third-order valence-corrected chi connectivity index (χ3v) is 4.29. The fraction of sp³-hybridized carbons (Fsp3) is 0.438. The monoisotopic (exact) mass is 307 g/mol. The first-order valence-corrected chi connectivity index (χ1v) is 7.34.